The van der Waals surface area contributed by atoms with Crippen LogP contribution in [0.15, 0.2) is 41.9 Å². The molecule has 0 amide bonds. The van der Waals surface area contributed by atoms with Crippen LogP contribution < -0.4 is 0 Å². The smallest absolute Gasteiger partial charge is 0.0801 e. The Balaban J connectivity index is 0.000000245. The van der Waals surface area contributed by atoms with Crippen LogP contribution in [-0.2, 0) is 0 Å². The molecule has 0 saturated carbocycles. The molecule has 0 fully saturated rings. The van der Waals surface area contributed by atoms with Gasteiger partial charge in [0.25, 0.3) is 0 Å². The Morgan fingerprint density at radius 3 is 2.27 bits per heavy atom. The molecule has 15 heavy (non-hydrogen) atoms. The molecule has 80 valence electrons. The Labute approximate surface area is 97.4 Å². The SMILES string of the molecule is C[SiH](C)C.c1ccc(-c2cccs2)nc1. The number of pyridine rings is 1. The highest BCUT2D eigenvalue weighted by Gasteiger charge is 1.95. The summed E-state index contributed by atoms with van der Waals surface area (Å²) in [6.45, 7) is 6.92. The summed E-state index contributed by atoms with van der Waals surface area (Å²) in [5.74, 6) is 0. The van der Waals surface area contributed by atoms with Gasteiger partial charge in [0.2, 0.25) is 0 Å². The maximum absolute atomic E-state index is 4.23. The van der Waals surface area contributed by atoms with Crippen LogP contribution >= 0.6 is 11.3 Å². The summed E-state index contributed by atoms with van der Waals surface area (Å²) in [6, 6.07) is 10.1. The molecule has 3 heteroatoms. The normalized spacial score (nSPS) is 9.60. The molecule has 0 atom stereocenters. The van der Waals surface area contributed by atoms with E-state index in [0.717, 1.165) is 5.69 Å². The Bertz CT molecular complexity index is 354. The molecule has 2 rings (SSSR count). The molecular formula is C12H17NSSi. The van der Waals surface area contributed by atoms with Gasteiger partial charge in [0.1, 0.15) is 0 Å². The van der Waals surface area contributed by atoms with E-state index in [1.54, 1.807) is 11.3 Å². The predicted octanol–water partition coefficient (Wildman–Crippen LogP) is 3.91. The van der Waals surface area contributed by atoms with Gasteiger partial charge in [0.05, 0.1) is 10.6 Å². The minimum Gasteiger partial charge on any atom is -0.255 e. The summed E-state index contributed by atoms with van der Waals surface area (Å²) in [5, 5.41) is 2.06. The van der Waals surface area contributed by atoms with Gasteiger partial charge >= 0.3 is 0 Å². The van der Waals surface area contributed by atoms with E-state index in [1.807, 2.05) is 30.5 Å². The average Bonchev–Trinajstić information content (AvgIpc) is 2.71. The van der Waals surface area contributed by atoms with E-state index in [2.05, 4.69) is 36.1 Å². The number of hydrogen-bond acceptors (Lipinski definition) is 2. The average molecular weight is 235 g/mol. The van der Waals surface area contributed by atoms with Crippen molar-refractivity contribution in [3.05, 3.63) is 41.9 Å². The molecule has 0 radical (unpaired) electrons. The van der Waals surface area contributed by atoms with Gasteiger partial charge < -0.3 is 0 Å². The molecular weight excluding hydrogens is 218 g/mol. The third kappa shape index (κ3) is 4.90. The molecule has 1 nitrogen and oxygen atoms in total. The second-order valence-electron chi connectivity index (χ2n) is 3.92. The highest BCUT2D eigenvalue weighted by Crippen LogP contribution is 2.21. The van der Waals surface area contributed by atoms with Crippen molar-refractivity contribution >= 4 is 20.1 Å². The van der Waals surface area contributed by atoms with Crippen molar-refractivity contribution in [1.82, 2.24) is 4.98 Å². The maximum Gasteiger partial charge on any atom is 0.0801 e. The zero-order valence-corrected chi connectivity index (χ0v) is 11.4. The molecule has 2 aromatic heterocycles. The van der Waals surface area contributed by atoms with Crippen LogP contribution in [0.2, 0.25) is 19.6 Å². The summed E-state index contributed by atoms with van der Waals surface area (Å²) in [7, 11) is -0.139. The number of aromatic nitrogens is 1. The minimum atomic E-state index is -0.139. The number of nitrogens with zero attached hydrogens (tertiary/aromatic N) is 1. The number of hydrogen-bond donors (Lipinski definition) is 0. The Kier molecular flexibility index (Phi) is 5.29. The summed E-state index contributed by atoms with van der Waals surface area (Å²) in [6.07, 6.45) is 1.81. The van der Waals surface area contributed by atoms with Crippen molar-refractivity contribution in [2.75, 3.05) is 0 Å². The van der Waals surface area contributed by atoms with E-state index in [4.69, 9.17) is 0 Å². The van der Waals surface area contributed by atoms with Crippen LogP contribution in [0.3, 0.4) is 0 Å². The van der Waals surface area contributed by atoms with Crippen molar-refractivity contribution in [2.24, 2.45) is 0 Å². The maximum atomic E-state index is 4.23. The van der Waals surface area contributed by atoms with E-state index >= 15 is 0 Å². The first-order chi connectivity index (χ1) is 7.20. The zero-order valence-electron chi connectivity index (χ0n) is 9.47. The van der Waals surface area contributed by atoms with Crippen LogP contribution in [0.1, 0.15) is 0 Å². The Morgan fingerprint density at radius 2 is 1.80 bits per heavy atom. The van der Waals surface area contributed by atoms with Crippen molar-refractivity contribution in [3.63, 3.8) is 0 Å². The molecule has 0 unspecified atom stereocenters. The first-order valence-electron chi connectivity index (χ1n) is 5.15. The summed E-state index contributed by atoms with van der Waals surface area (Å²) < 4.78 is 0. The van der Waals surface area contributed by atoms with Gasteiger partial charge in [-0.25, -0.2) is 0 Å². The quantitative estimate of drug-likeness (QED) is 0.683. The topological polar surface area (TPSA) is 12.9 Å². The summed E-state index contributed by atoms with van der Waals surface area (Å²) >= 11 is 1.71. The van der Waals surface area contributed by atoms with Gasteiger partial charge in [-0.05, 0) is 23.6 Å². The van der Waals surface area contributed by atoms with Gasteiger partial charge in [0, 0.05) is 15.0 Å². The van der Waals surface area contributed by atoms with Crippen molar-refractivity contribution in [1.29, 1.82) is 0 Å². The molecule has 0 aliphatic carbocycles. The molecule has 2 aromatic rings. The van der Waals surface area contributed by atoms with Crippen LogP contribution in [-0.4, -0.2) is 13.8 Å². The molecule has 0 bridgehead atoms. The van der Waals surface area contributed by atoms with Crippen molar-refractivity contribution < 1.29 is 0 Å². The summed E-state index contributed by atoms with van der Waals surface area (Å²) in [5.41, 5.74) is 1.06. The molecule has 2 heterocycles. The third-order valence-electron chi connectivity index (χ3n) is 1.44. The fourth-order valence-corrected chi connectivity index (χ4v) is 1.64. The monoisotopic (exact) mass is 235 g/mol. The van der Waals surface area contributed by atoms with Gasteiger partial charge in [-0.15, -0.1) is 11.3 Å². The lowest BCUT2D eigenvalue weighted by molar-refractivity contribution is 1.34. The Morgan fingerprint density at radius 1 is 1.07 bits per heavy atom. The first-order valence-corrected chi connectivity index (χ1v) is 9.49. The van der Waals surface area contributed by atoms with E-state index < -0.39 is 0 Å². The minimum absolute atomic E-state index is 0.139. The van der Waals surface area contributed by atoms with E-state index in [9.17, 15) is 0 Å². The lowest BCUT2D eigenvalue weighted by atomic mass is 10.3. The molecule has 0 N–H and O–H groups in total. The molecule has 0 aliphatic heterocycles. The van der Waals surface area contributed by atoms with Crippen LogP contribution in [0.5, 0.6) is 0 Å². The van der Waals surface area contributed by atoms with Crippen LogP contribution in [0.4, 0.5) is 0 Å². The molecule has 0 spiro atoms. The third-order valence-corrected chi connectivity index (χ3v) is 2.33. The largest absolute Gasteiger partial charge is 0.255 e. The molecule has 0 saturated heterocycles. The predicted molar refractivity (Wildman–Crippen MR) is 72.3 cm³/mol. The number of thiophene rings is 1. The molecule has 0 aromatic carbocycles. The summed E-state index contributed by atoms with van der Waals surface area (Å²) in [4.78, 5) is 5.46. The van der Waals surface area contributed by atoms with E-state index in [0.29, 0.717) is 0 Å². The van der Waals surface area contributed by atoms with Crippen LogP contribution in [0, 0.1) is 0 Å². The fraction of sp³-hybridized carbons (Fsp3) is 0.250. The van der Waals surface area contributed by atoms with Crippen molar-refractivity contribution in [2.45, 2.75) is 19.6 Å². The zero-order chi connectivity index (χ0) is 11.1. The van der Waals surface area contributed by atoms with Gasteiger partial charge in [-0.2, -0.15) is 0 Å². The van der Waals surface area contributed by atoms with E-state index in [-0.39, 0.29) is 8.80 Å². The molecule has 0 aliphatic rings. The number of rotatable bonds is 1. The van der Waals surface area contributed by atoms with Crippen LogP contribution in [0.25, 0.3) is 10.6 Å². The lowest BCUT2D eigenvalue weighted by Gasteiger charge is -1.92. The standard InChI is InChI=1S/C9H7NS.C3H10Si/c1-2-6-10-8(4-1)9-5-3-7-11-9;1-4(2)3/h1-7H;4H,1-3H3. The fourth-order valence-electron chi connectivity index (χ4n) is 0.933. The highest BCUT2D eigenvalue weighted by atomic mass is 32.1. The van der Waals surface area contributed by atoms with Gasteiger partial charge in [-0.3, -0.25) is 4.98 Å². The second kappa shape index (κ2) is 6.53. The Hall–Kier alpha value is -0.933. The second-order valence-corrected chi connectivity index (χ2v) is 8.34. The van der Waals surface area contributed by atoms with Crippen molar-refractivity contribution in [3.8, 4) is 10.6 Å². The van der Waals surface area contributed by atoms with Gasteiger partial charge in [0.15, 0.2) is 0 Å². The van der Waals surface area contributed by atoms with E-state index in [1.165, 1.54) is 4.88 Å². The highest BCUT2D eigenvalue weighted by molar-refractivity contribution is 7.13. The first kappa shape index (κ1) is 12.1. The lowest BCUT2D eigenvalue weighted by Crippen LogP contribution is -1.84. The van der Waals surface area contributed by atoms with Gasteiger partial charge in [-0.1, -0.05) is 31.8 Å².